The highest BCUT2D eigenvalue weighted by Crippen LogP contribution is 2.28. The molecule has 1 N–H and O–H groups in total. The Kier molecular flexibility index (Phi) is 5.26. The van der Waals surface area contributed by atoms with E-state index >= 15 is 0 Å². The summed E-state index contributed by atoms with van der Waals surface area (Å²) in [6.45, 7) is 3.18. The molecule has 2 aromatic carbocycles. The summed E-state index contributed by atoms with van der Waals surface area (Å²) in [5, 5.41) is 9.24. The van der Waals surface area contributed by atoms with Crippen LogP contribution in [0.4, 0.5) is 5.69 Å². The largest absolute Gasteiger partial charge is 0.478 e. The van der Waals surface area contributed by atoms with Gasteiger partial charge in [-0.15, -0.1) is 0 Å². The van der Waals surface area contributed by atoms with E-state index in [1.807, 2.05) is 24.3 Å². The summed E-state index contributed by atoms with van der Waals surface area (Å²) in [6, 6.07) is 12.9. The smallest absolute Gasteiger partial charge is 0.335 e. The number of nitrogens with zero attached hydrogens (tertiary/aromatic N) is 1. The number of hydrogen-bond acceptors (Lipinski definition) is 4. The SMILES string of the molecule is O=CC=Cc1ccc(C(=O)O)cc1-c1ccc(N2CCOCC2)cc1. The van der Waals surface area contributed by atoms with Crippen molar-refractivity contribution in [2.75, 3.05) is 31.2 Å². The third-order valence-corrected chi connectivity index (χ3v) is 4.21. The molecular formula is C20H19NO4. The summed E-state index contributed by atoms with van der Waals surface area (Å²) in [4.78, 5) is 24.2. The van der Waals surface area contributed by atoms with Gasteiger partial charge in [0.25, 0.3) is 0 Å². The van der Waals surface area contributed by atoms with E-state index in [1.54, 1.807) is 24.3 Å². The van der Waals surface area contributed by atoms with Crippen LogP contribution in [0.25, 0.3) is 17.2 Å². The fourth-order valence-corrected chi connectivity index (χ4v) is 2.90. The first-order chi connectivity index (χ1) is 12.2. The normalized spacial score (nSPS) is 14.6. The van der Waals surface area contributed by atoms with Crippen LogP contribution in [0.1, 0.15) is 15.9 Å². The minimum absolute atomic E-state index is 0.218. The fourth-order valence-electron chi connectivity index (χ4n) is 2.90. The molecule has 1 fully saturated rings. The number of rotatable bonds is 5. The Morgan fingerprint density at radius 1 is 1.08 bits per heavy atom. The fraction of sp³-hybridized carbons (Fsp3) is 0.200. The average Bonchev–Trinajstić information content (AvgIpc) is 2.67. The van der Waals surface area contributed by atoms with E-state index < -0.39 is 5.97 Å². The van der Waals surface area contributed by atoms with E-state index in [4.69, 9.17) is 4.74 Å². The molecule has 1 aliphatic rings. The van der Waals surface area contributed by atoms with Gasteiger partial charge in [-0.05, 0) is 47.0 Å². The molecule has 1 aliphatic heterocycles. The lowest BCUT2D eigenvalue weighted by Crippen LogP contribution is -2.36. The number of anilines is 1. The second-order valence-corrected chi connectivity index (χ2v) is 5.75. The van der Waals surface area contributed by atoms with Crippen molar-refractivity contribution in [3.63, 3.8) is 0 Å². The number of morpholine rings is 1. The molecule has 0 atom stereocenters. The van der Waals surface area contributed by atoms with Crippen molar-refractivity contribution in [1.82, 2.24) is 0 Å². The van der Waals surface area contributed by atoms with Crippen LogP contribution >= 0.6 is 0 Å². The monoisotopic (exact) mass is 337 g/mol. The van der Waals surface area contributed by atoms with Gasteiger partial charge >= 0.3 is 5.97 Å². The zero-order valence-electron chi connectivity index (χ0n) is 13.7. The molecule has 0 radical (unpaired) electrons. The number of carboxylic acid groups (broad SMARTS) is 1. The molecular weight excluding hydrogens is 318 g/mol. The number of carboxylic acids is 1. The summed E-state index contributed by atoms with van der Waals surface area (Å²) < 4.78 is 5.37. The van der Waals surface area contributed by atoms with E-state index in [9.17, 15) is 14.7 Å². The number of carbonyl (C=O) groups is 2. The molecule has 3 rings (SSSR count). The lowest BCUT2D eigenvalue weighted by Gasteiger charge is -2.29. The first kappa shape index (κ1) is 16.9. The number of carbonyl (C=O) groups excluding carboxylic acids is 1. The molecule has 25 heavy (non-hydrogen) atoms. The van der Waals surface area contributed by atoms with Crippen LogP contribution < -0.4 is 4.90 Å². The van der Waals surface area contributed by atoms with Gasteiger partial charge in [-0.3, -0.25) is 4.79 Å². The topological polar surface area (TPSA) is 66.8 Å². The van der Waals surface area contributed by atoms with Crippen LogP contribution in [0.5, 0.6) is 0 Å². The van der Waals surface area contributed by atoms with Crippen LogP contribution in [-0.4, -0.2) is 43.7 Å². The van der Waals surface area contributed by atoms with Crippen molar-refractivity contribution in [2.45, 2.75) is 0 Å². The van der Waals surface area contributed by atoms with Gasteiger partial charge in [0, 0.05) is 18.8 Å². The highest BCUT2D eigenvalue weighted by atomic mass is 16.5. The van der Waals surface area contributed by atoms with Crippen molar-refractivity contribution < 1.29 is 19.4 Å². The van der Waals surface area contributed by atoms with Crippen LogP contribution in [0.3, 0.4) is 0 Å². The minimum Gasteiger partial charge on any atom is -0.478 e. The molecule has 128 valence electrons. The van der Waals surface area contributed by atoms with Gasteiger partial charge in [0.05, 0.1) is 18.8 Å². The molecule has 1 heterocycles. The Balaban J connectivity index is 1.95. The van der Waals surface area contributed by atoms with Gasteiger partial charge in [0.15, 0.2) is 0 Å². The van der Waals surface area contributed by atoms with Gasteiger partial charge in [0.2, 0.25) is 0 Å². The summed E-state index contributed by atoms with van der Waals surface area (Å²) in [5.41, 5.74) is 3.83. The zero-order valence-corrected chi connectivity index (χ0v) is 13.7. The first-order valence-corrected chi connectivity index (χ1v) is 8.11. The van der Waals surface area contributed by atoms with Gasteiger partial charge in [-0.25, -0.2) is 4.79 Å². The Labute approximate surface area is 146 Å². The third kappa shape index (κ3) is 3.95. The number of allylic oxidation sites excluding steroid dienone is 1. The van der Waals surface area contributed by atoms with Crippen LogP contribution in [0.2, 0.25) is 0 Å². The van der Waals surface area contributed by atoms with Gasteiger partial charge in [-0.1, -0.05) is 24.3 Å². The predicted octanol–water partition coefficient (Wildman–Crippen LogP) is 3.10. The molecule has 5 nitrogen and oxygen atoms in total. The van der Waals surface area contributed by atoms with Crippen molar-refractivity contribution in [2.24, 2.45) is 0 Å². The minimum atomic E-state index is -0.975. The zero-order chi connectivity index (χ0) is 17.6. The standard InChI is InChI=1S/C20H19NO4/c22-11-1-2-15-3-4-17(20(23)24)14-19(15)16-5-7-18(8-6-16)21-9-12-25-13-10-21/h1-8,11,14H,9-10,12-13H2,(H,23,24). The van der Waals surface area contributed by atoms with E-state index in [0.717, 1.165) is 48.7 Å². The maximum atomic E-state index is 11.3. The molecule has 1 saturated heterocycles. The number of ether oxygens (including phenoxy) is 1. The molecule has 0 unspecified atom stereocenters. The summed E-state index contributed by atoms with van der Waals surface area (Å²) in [6.07, 6.45) is 3.79. The Morgan fingerprint density at radius 2 is 1.80 bits per heavy atom. The first-order valence-electron chi connectivity index (χ1n) is 8.11. The van der Waals surface area contributed by atoms with Crippen molar-refractivity contribution in [1.29, 1.82) is 0 Å². The van der Waals surface area contributed by atoms with E-state index in [-0.39, 0.29) is 5.56 Å². The Hall–Kier alpha value is -2.92. The molecule has 5 heteroatoms. The number of aldehydes is 1. The highest BCUT2D eigenvalue weighted by molar-refractivity contribution is 5.91. The number of benzene rings is 2. The van der Waals surface area contributed by atoms with E-state index in [0.29, 0.717) is 6.29 Å². The van der Waals surface area contributed by atoms with Crippen molar-refractivity contribution in [3.05, 3.63) is 59.7 Å². The Morgan fingerprint density at radius 3 is 2.44 bits per heavy atom. The van der Waals surface area contributed by atoms with Crippen LogP contribution in [0.15, 0.2) is 48.5 Å². The molecule has 0 aliphatic carbocycles. The summed E-state index contributed by atoms with van der Waals surface area (Å²) in [5.74, 6) is -0.975. The Bertz CT molecular complexity index is 790. The second kappa shape index (κ2) is 7.77. The molecule has 0 aromatic heterocycles. The van der Waals surface area contributed by atoms with Crippen molar-refractivity contribution in [3.8, 4) is 11.1 Å². The predicted molar refractivity (Wildman–Crippen MR) is 97.0 cm³/mol. The van der Waals surface area contributed by atoms with E-state index in [2.05, 4.69) is 4.90 Å². The van der Waals surface area contributed by atoms with Crippen LogP contribution in [-0.2, 0) is 9.53 Å². The lowest BCUT2D eigenvalue weighted by molar-refractivity contribution is -0.104. The van der Waals surface area contributed by atoms with Crippen molar-refractivity contribution >= 4 is 24.0 Å². The average molecular weight is 337 g/mol. The maximum Gasteiger partial charge on any atom is 0.335 e. The van der Waals surface area contributed by atoms with Crippen LogP contribution in [0, 0.1) is 0 Å². The molecule has 2 aromatic rings. The molecule has 0 spiro atoms. The second-order valence-electron chi connectivity index (χ2n) is 5.75. The molecule has 0 saturated carbocycles. The summed E-state index contributed by atoms with van der Waals surface area (Å²) in [7, 11) is 0. The molecule has 0 bridgehead atoms. The summed E-state index contributed by atoms with van der Waals surface area (Å²) >= 11 is 0. The lowest BCUT2D eigenvalue weighted by atomic mass is 9.96. The maximum absolute atomic E-state index is 11.3. The van der Waals surface area contributed by atoms with Gasteiger partial charge in [-0.2, -0.15) is 0 Å². The number of aromatic carboxylic acids is 1. The third-order valence-electron chi connectivity index (χ3n) is 4.21. The van der Waals surface area contributed by atoms with Gasteiger partial charge < -0.3 is 14.7 Å². The van der Waals surface area contributed by atoms with E-state index in [1.165, 1.54) is 6.08 Å². The van der Waals surface area contributed by atoms with Gasteiger partial charge in [0.1, 0.15) is 6.29 Å². The quantitative estimate of drug-likeness (QED) is 0.671. The highest BCUT2D eigenvalue weighted by Gasteiger charge is 2.12. The molecule has 0 amide bonds. The number of hydrogen-bond donors (Lipinski definition) is 1.